The van der Waals surface area contributed by atoms with Crippen molar-refractivity contribution >= 4 is 0 Å². The molecule has 1 heterocycles. The van der Waals surface area contributed by atoms with Gasteiger partial charge in [-0.3, -0.25) is 0 Å². The van der Waals surface area contributed by atoms with E-state index in [1.54, 1.807) is 7.11 Å². The summed E-state index contributed by atoms with van der Waals surface area (Å²) in [7, 11) is 1.78. The summed E-state index contributed by atoms with van der Waals surface area (Å²) in [6.45, 7) is 2.10. The molecule has 2 heteroatoms. The maximum atomic E-state index is 5.98. The molecular formula is C16H18O2. The second kappa shape index (κ2) is 4.62. The Morgan fingerprint density at radius 2 is 2.00 bits per heavy atom. The molecule has 1 atom stereocenters. The summed E-state index contributed by atoms with van der Waals surface area (Å²) in [5, 5.41) is 0. The zero-order valence-electron chi connectivity index (χ0n) is 10.9. The molecule has 1 aliphatic carbocycles. The molecule has 0 saturated heterocycles. The van der Waals surface area contributed by atoms with E-state index in [0.717, 1.165) is 36.3 Å². The van der Waals surface area contributed by atoms with E-state index in [4.69, 9.17) is 9.15 Å². The van der Waals surface area contributed by atoms with Crippen molar-refractivity contribution in [1.82, 2.24) is 0 Å². The molecule has 0 radical (unpaired) electrons. The van der Waals surface area contributed by atoms with Crippen LogP contribution in [0.25, 0.3) is 11.3 Å². The number of methoxy groups -OCH3 is 1. The Bertz CT molecular complexity index is 537. The van der Waals surface area contributed by atoms with Crippen LogP contribution in [0.3, 0.4) is 0 Å². The minimum absolute atomic E-state index is 0.205. The lowest BCUT2D eigenvalue weighted by Gasteiger charge is -2.19. The first-order chi connectivity index (χ1) is 8.78. The maximum absolute atomic E-state index is 5.98. The van der Waals surface area contributed by atoms with Crippen LogP contribution in [-0.4, -0.2) is 7.11 Å². The second-order valence-electron chi connectivity index (χ2n) is 4.97. The lowest BCUT2D eigenvalue weighted by Crippen LogP contribution is -2.08. The largest absolute Gasteiger partial charge is 0.461 e. The predicted octanol–water partition coefficient (Wildman–Crippen LogP) is 4.28. The lowest BCUT2D eigenvalue weighted by atomic mass is 9.95. The van der Waals surface area contributed by atoms with Crippen LogP contribution < -0.4 is 0 Å². The highest BCUT2D eigenvalue weighted by molar-refractivity contribution is 5.59. The van der Waals surface area contributed by atoms with Crippen LogP contribution in [0.2, 0.25) is 0 Å². The van der Waals surface area contributed by atoms with E-state index in [1.165, 1.54) is 11.1 Å². The molecule has 1 aromatic carbocycles. The summed E-state index contributed by atoms with van der Waals surface area (Å²) in [4.78, 5) is 0. The molecule has 0 aliphatic heterocycles. The van der Waals surface area contributed by atoms with Gasteiger partial charge in [0.25, 0.3) is 0 Å². The van der Waals surface area contributed by atoms with E-state index in [0.29, 0.717) is 0 Å². The molecule has 0 fully saturated rings. The van der Waals surface area contributed by atoms with Gasteiger partial charge in [0.1, 0.15) is 11.5 Å². The van der Waals surface area contributed by atoms with Gasteiger partial charge in [0.2, 0.25) is 0 Å². The first kappa shape index (κ1) is 11.5. The second-order valence-corrected chi connectivity index (χ2v) is 4.97. The molecule has 1 aliphatic rings. The Morgan fingerprint density at radius 1 is 1.22 bits per heavy atom. The van der Waals surface area contributed by atoms with Crippen molar-refractivity contribution in [3.63, 3.8) is 0 Å². The molecule has 2 nitrogen and oxygen atoms in total. The van der Waals surface area contributed by atoms with Gasteiger partial charge in [-0.05, 0) is 25.8 Å². The van der Waals surface area contributed by atoms with Crippen LogP contribution >= 0.6 is 0 Å². The lowest BCUT2D eigenvalue weighted by molar-refractivity contribution is 0.0858. The molecule has 0 saturated carbocycles. The van der Waals surface area contributed by atoms with Crippen LogP contribution in [0.4, 0.5) is 0 Å². The number of fused-ring (bicyclic) bond motifs is 1. The van der Waals surface area contributed by atoms with E-state index in [-0.39, 0.29) is 6.10 Å². The fourth-order valence-corrected chi connectivity index (χ4v) is 2.62. The van der Waals surface area contributed by atoms with Gasteiger partial charge >= 0.3 is 0 Å². The quantitative estimate of drug-likeness (QED) is 0.784. The van der Waals surface area contributed by atoms with E-state index >= 15 is 0 Å². The highest BCUT2D eigenvalue weighted by atomic mass is 16.5. The molecule has 0 spiro atoms. The molecule has 0 N–H and O–H groups in total. The van der Waals surface area contributed by atoms with Crippen LogP contribution in [0.15, 0.2) is 34.7 Å². The SMILES string of the molecule is COC1CCCc2oc(-c3ccc(C)cc3)cc21. The van der Waals surface area contributed by atoms with Gasteiger partial charge in [-0.1, -0.05) is 29.8 Å². The topological polar surface area (TPSA) is 22.4 Å². The number of aryl methyl sites for hydroxylation is 2. The van der Waals surface area contributed by atoms with Crippen molar-refractivity contribution in [3.8, 4) is 11.3 Å². The molecule has 94 valence electrons. The first-order valence-electron chi connectivity index (χ1n) is 6.50. The van der Waals surface area contributed by atoms with Gasteiger partial charge in [0.15, 0.2) is 0 Å². The summed E-state index contributed by atoms with van der Waals surface area (Å²) in [5.74, 6) is 2.06. The Kier molecular flexibility index (Phi) is 2.96. The number of hydrogen-bond donors (Lipinski definition) is 0. The molecule has 2 aromatic rings. The number of ether oxygens (including phenoxy) is 1. The Morgan fingerprint density at radius 3 is 2.72 bits per heavy atom. The maximum Gasteiger partial charge on any atom is 0.134 e. The Balaban J connectivity index is 1.99. The molecular weight excluding hydrogens is 224 g/mol. The number of hydrogen-bond acceptors (Lipinski definition) is 2. The third kappa shape index (κ3) is 1.97. The van der Waals surface area contributed by atoms with Crippen molar-refractivity contribution in [2.24, 2.45) is 0 Å². The van der Waals surface area contributed by atoms with E-state index in [2.05, 4.69) is 37.3 Å². The summed E-state index contributed by atoms with van der Waals surface area (Å²) in [5.41, 5.74) is 3.65. The third-order valence-corrected chi connectivity index (χ3v) is 3.68. The number of benzene rings is 1. The van der Waals surface area contributed by atoms with Gasteiger partial charge in [0, 0.05) is 24.7 Å². The van der Waals surface area contributed by atoms with Gasteiger partial charge in [0.05, 0.1) is 6.10 Å². The highest BCUT2D eigenvalue weighted by Gasteiger charge is 2.24. The minimum atomic E-state index is 0.205. The fraction of sp³-hybridized carbons (Fsp3) is 0.375. The van der Waals surface area contributed by atoms with Gasteiger partial charge in [-0.25, -0.2) is 0 Å². The monoisotopic (exact) mass is 242 g/mol. The molecule has 18 heavy (non-hydrogen) atoms. The molecule has 1 aromatic heterocycles. The predicted molar refractivity (Wildman–Crippen MR) is 71.6 cm³/mol. The van der Waals surface area contributed by atoms with Crippen LogP contribution in [0, 0.1) is 6.92 Å². The zero-order valence-corrected chi connectivity index (χ0v) is 10.9. The molecule has 0 bridgehead atoms. The third-order valence-electron chi connectivity index (χ3n) is 3.68. The van der Waals surface area contributed by atoms with Crippen molar-refractivity contribution in [2.45, 2.75) is 32.3 Å². The summed E-state index contributed by atoms with van der Waals surface area (Å²) in [6, 6.07) is 10.6. The van der Waals surface area contributed by atoms with Crippen LogP contribution in [-0.2, 0) is 11.2 Å². The Labute approximate surface area is 108 Å². The summed E-state index contributed by atoms with van der Waals surface area (Å²) < 4.78 is 11.5. The van der Waals surface area contributed by atoms with Crippen LogP contribution in [0.5, 0.6) is 0 Å². The molecule has 0 amide bonds. The minimum Gasteiger partial charge on any atom is -0.461 e. The van der Waals surface area contributed by atoms with E-state index < -0.39 is 0 Å². The smallest absolute Gasteiger partial charge is 0.134 e. The summed E-state index contributed by atoms with van der Waals surface area (Å²) >= 11 is 0. The van der Waals surface area contributed by atoms with Gasteiger partial charge in [-0.15, -0.1) is 0 Å². The van der Waals surface area contributed by atoms with Gasteiger partial charge in [-0.2, -0.15) is 0 Å². The normalized spacial score (nSPS) is 18.7. The number of rotatable bonds is 2. The van der Waals surface area contributed by atoms with Crippen molar-refractivity contribution in [2.75, 3.05) is 7.11 Å². The Hall–Kier alpha value is -1.54. The van der Waals surface area contributed by atoms with Crippen molar-refractivity contribution in [3.05, 3.63) is 47.2 Å². The van der Waals surface area contributed by atoms with E-state index in [1.807, 2.05) is 0 Å². The van der Waals surface area contributed by atoms with Gasteiger partial charge < -0.3 is 9.15 Å². The van der Waals surface area contributed by atoms with Crippen LogP contribution in [0.1, 0.15) is 35.8 Å². The molecule has 3 rings (SSSR count). The average Bonchev–Trinajstić information content (AvgIpc) is 2.83. The van der Waals surface area contributed by atoms with Crippen molar-refractivity contribution in [1.29, 1.82) is 0 Å². The first-order valence-corrected chi connectivity index (χ1v) is 6.50. The van der Waals surface area contributed by atoms with Crippen molar-refractivity contribution < 1.29 is 9.15 Å². The average molecular weight is 242 g/mol. The van der Waals surface area contributed by atoms with E-state index in [9.17, 15) is 0 Å². The standard InChI is InChI=1S/C16H18O2/c1-11-6-8-12(9-7-11)16-10-13-14(17-2)4-3-5-15(13)18-16/h6-10,14H,3-5H2,1-2H3. The summed E-state index contributed by atoms with van der Waals surface area (Å²) in [6.07, 6.45) is 3.47. The zero-order chi connectivity index (χ0) is 12.5. The molecule has 1 unspecified atom stereocenters. The fourth-order valence-electron chi connectivity index (χ4n) is 2.62. The highest BCUT2D eigenvalue weighted by Crippen LogP contribution is 2.37. The number of furan rings is 1.